The van der Waals surface area contributed by atoms with Crippen molar-refractivity contribution in [3.8, 4) is 6.07 Å². The van der Waals surface area contributed by atoms with E-state index >= 15 is 0 Å². The molecule has 0 saturated carbocycles. The second-order valence-electron chi connectivity index (χ2n) is 4.92. The summed E-state index contributed by atoms with van der Waals surface area (Å²) >= 11 is 11.8. The van der Waals surface area contributed by atoms with Crippen LogP contribution in [-0.4, -0.2) is 5.78 Å². The monoisotopic (exact) mass is 317 g/mol. The molecule has 0 fully saturated rings. The minimum absolute atomic E-state index is 0.228. The number of rotatable bonds is 3. The number of Topliss-reactive ketones (excluding diaryl/α,β-unsaturated/α-hetero) is 1. The van der Waals surface area contributed by atoms with E-state index in [1.165, 1.54) is 0 Å². The van der Waals surface area contributed by atoms with Crippen molar-refractivity contribution in [2.45, 2.75) is 19.8 Å². The SMILES string of the molecule is Cc1ccc(C(=O)C(C#N)c2ccc(Cl)c(Cl)c2)c(C)c1. The van der Waals surface area contributed by atoms with Gasteiger partial charge in [-0.1, -0.05) is 53.0 Å². The topological polar surface area (TPSA) is 40.9 Å². The second-order valence-corrected chi connectivity index (χ2v) is 5.73. The summed E-state index contributed by atoms with van der Waals surface area (Å²) in [6.45, 7) is 3.82. The molecule has 0 N–H and O–H groups in total. The fourth-order valence-corrected chi connectivity index (χ4v) is 2.53. The largest absolute Gasteiger partial charge is 0.292 e. The highest BCUT2D eigenvalue weighted by Gasteiger charge is 2.23. The van der Waals surface area contributed by atoms with Crippen LogP contribution >= 0.6 is 23.2 Å². The summed E-state index contributed by atoms with van der Waals surface area (Å²) in [4.78, 5) is 12.6. The summed E-state index contributed by atoms with van der Waals surface area (Å²) < 4.78 is 0. The molecule has 2 nitrogen and oxygen atoms in total. The molecule has 0 saturated heterocycles. The summed E-state index contributed by atoms with van der Waals surface area (Å²) in [6.07, 6.45) is 0. The van der Waals surface area contributed by atoms with Crippen LogP contribution in [0.25, 0.3) is 0 Å². The molecule has 2 aromatic carbocycles. The maximum Gasteiger partial charge on any atom is 0.184 e. The minimum Gasteiger partial charge on any atom is -0.292 e. The molecular formula is C17H13Cl2NO. The zero-order chi connectivity index (χ0) is 15.6. The first kappa shape index (κ1) is 15.6. The maximum atomic E-state index is 12.6. The van der Waals surface area contributed by atoms with Crippen molar-refractivity contribution in [2.75, 3.05) is 0 Å². The number of carbonyl (C=O) groups excluding carboxylic acids is 1. The van der Waals surface area contributed by atoms with Gasteiger partial charge in [-0.05, 0) is 37.1 Å². The van der Waals surface area contributed by atoms with E-state index in [1.807, 2.05) is 26.0 Å². The Hall–Kier alpha value is -1.82. The van der Waals surface area contributed by atoms with Crippen molar-refractivity contribution >= 4 is 29.0 Å². The lowest BCUT2D eigenvalue weighted by Gasteiger charge is -2.12. The van der Waals surface area contributed by atoms with E-state index in [2.05, 4.69) is 6.07 Å². The highest BCUT2D eigenvalue weighted by Crippen LogP contribution is 2.29. The third-order valence-electron chi connectivity index (χ3n) is 3.32. The first-order chi connectivity index (χ1) is 9.93. The first-order valence-electron chi connectivity index (χ1n) is 6.40. The Morgan fingerprint density at radius 3 is 2.38 bits per heavy atom. The van der Waals surface area contributed by atoms with Gasteiger partial charge in [0.15, 0.2) is 5.78 Å². The lowest BCUT2D eigenvalue weighted by molar-refractivity contribution is 0.0978. The van der Waals surface area contributed by atoms with Gasteiger partial charge in [-0.2, -0.15) is 5.26 Å². The highest BCUT2D eigenvalue weighted by atomic mass is 35.5. The van der Waals surface area contributed by atoms with E-state index in [9.17, 15) is 10.1 Å². The summed E-state index contributed by atoms with van der Waals surface area (Å²) in [5.74, 6) is -1.12. The molecule has 106 valence electrons. The van der Waals surface area contributed by atoms with Crippen LogP contribution in [0.3, 0.4) is 0 Å². The van der Waals surface area contributed by atoms with E-state index in [0.717, 1.165) is 11.1 Å². The maximum absolute atomic E-state index is 12.6. The third-order valence-corrected chi connectivity index (χ3v) is 4.05. The fraction of sp³-hybridized carbons (Fsp3) is 0.176. The molecule has 0 aliphatic heterocycles. The van der Waals surface area contributed by atoms with Gasteiger partial charge in [0, 0.05) is 5.56 Å². The molecular weight excluding hydrogens is 305 g/mol. The number of halogens is 2. The zero-order valence-corrected chi connectivity index (χ0v) is 13.2. The minimum atomic E-state index is -0.888. The zero-order valence-electron chi connectivity index (χ0n) is 11.7. The fourth-order valence-electron chi connectivity index (χ4n) is 2.22. The second kappa shape index (κ2) is 6.30. The molecule has 21 heavy (non-hydrogen) atoms. The van der Waals surface area contributed by atoms with Crippen LogP contribution in [0.1, 0.15) is 33.0 Å². The van der Waals surface area contributed by atoms with Gasteiger partial charge in [0.2, 0.25) is 0 Å². The van der Waals surface area contributed by atoms with Crippen LogP contribution in [0, 0.1) is 25.2 Å². The Balaban J connectivity index is 2.43. The first-order valence-corrected chi connectivity index (χ1v) is 7.15. The Kier molecular flexibility index (Phi) is 4.67. The molecule has 0 heterocycles. The quantitative estimate of drug-likeness (QED) is 0.739. The van der Waals surface area contributed by atoms with Crippen LogP contribution in [0.4, 0.5) is 0 Å². The normalized spacial score (nSPS) is 11.8. The lowest BCUT2D eigenvalue weighted by atomic mass is 9.89. The van der Waals surface area contributed by atoms with E-state index < -0.39 is 5.92 Å². The summed E-state index contributed by atoms with van der Waals surface area (Å²) in [5, 5.41) is 10.1. The van der Waals surface area contributed by atoms with E-state index in [-0.39, 0.29) is 5.78 Å². The van der Waals surface area contributed by atoms with Gasteiger partial charge in [-0.25, -0.2) is 0 Å². The summed E-state index contributed by atoms with van der Waals surface area (Å²) in [5.41, 5.74) is 3.04. The average Bonchev–Trinajstić information content (AvgIpc) is 2.43. The van der Waals surface area contributed by atoms with Crippen LogP contribution in [0.5, 0.6) is 0 Å². The molecule has 2 rings (SSSR count). The van der Waals surface area contributed by atoms with Crippen LogP contribution in [0.2, 0.25) is 10.0 Å². The van der Waals surface area contributed by atoms with E-state index in [4.69, 9.17) is 23.2 Å². The van der Waals surface area contributed by atoms with Crippen molar-refractivity contribution in [1.82, 2.24) is 0 Å². The van der Waals surface area contributed by atoms with Crippen molar-refractivity contribution in [2.24, 2.45) is 0 Å². The Labute approximate surface area is 133 Å². The van der Waals surface area contributed by atoms with E-state index in [1.54, 1.807) is 24.3 Å². The standard InChI is InChI=1S/C17H13Cl2NO/c1-10-3-5-13(11(2)7-10)17(21)14(9-20)12-4-6-15(18)16(19)8-12/h3-8,14H,1-2H3. The summed E-state index contributed by atoms with van der Waals surface area (Å²) in [6, 6.07) is 12.4. The molecule has 0 amide bonds. The smallest absolute Gasteiger partial charge is 0.184 e. The van der Waals surface area contributed by atoms with Crippen LogP contribution in [0.15, 0.2) is 36.4 Å². The number of ketones is 1. The van der Waals surface area contributed by atoms with Gasteiger partial charge < -0.3 is 0 Å². The molecule has 0 bridgehead atoms. The molecule has 2 aromatic rings. The van der Waals surface area contributed by atoms with Gasteiger partial charge in [-0.15, -0.1) is 0 Å². The van der Waals surface area contributed by atoms with Gasteiger partial charge in [-0.3, -0.25) is 4.79 Å². The Morgan fingerprint density at radius 1 is 1.10 bits per heavy atom. The van der Waals surface area contributed by atoms with Gasteiger partial charge in [0.1, 0.15) is 5.92 Å². The predicted octanol–water partition coefficient (Wildman–Crippen LogP) is 5.10. The lowest BCUT2D eigenvalue weighted by Crippen LogP contribution is -2.12. The number of aryl methyl sites for hydroxylation is 2. The Morgan fingerprint density at radius 2 is 1.81 bits per heavy atom. The van der Waals surface area contributed by atoms with E-state index in [0.29, 0.717) is 21.2 Å². The molecule has 0 radical (unpaired) electrons. The third kappa shape index (κ3) is 3.26. The van der Waals surface area contributed by atoms with Crippen molar-refractivity contribution in [1.29, 1.82) is 5.26 Å². The summed E-state index contributed by atoms with van der Waals surface area (Å²) in [7, 11) is 0. The molecule has 0 aliphatic rings. The number of nitriles is 1. The molecule has 1 atom stereocenters. The van der Waals surface area contributed by atoms with Gasteiger partial charge >= 0.3 is 0 Å². The van der Waals surface area contributed by atoms with Crippen LogP contribution < -0.4 is 0 Å². The van der Waals surface area contributed by atoms with Crippen molar-refractivity contribution in [3.05, 3.63) is 68.7 Å². The number of hydrogen-bond donors (Lipinski definition) is 0. The molecule has 4 heteroatoms. The van der Waals surface area contributed by atoms with Gasteiger partial charge in [0.25, 0.3) is 0 Å². The number of nitrogens with zero attached hydrogens (tertiary/aromatic N) is 1. The Bertz CT molecular complexity index is 747. The van der Waals surface area contributed by atoms with Crippen molar-refractivity contribution < 1.29 is 4.79 Å². The van der Waals surface area contributed by atoms with Crippen molar-refractivity contribution in [3.63, 3.8) is 0 Å². The predicted molar refractivity (Wildman–Crippen MR) is 85.1 cm³/mol. The number of carbonyl (C=O) groups is 1. The molecule has 0 aromatic heterocycles. The molecule has 0 aliphatic carbocycles. The highest BCUT2D eigenvalue weighted by molar-refractivity contribution is 6.42. The number of benzene rings is 2. The van der Waals surface area contributed by atoms with Crippen LogP contribution in [-0.2, 0) is 0 Å². The molecule has 1 unspecified atom stereocenters. The van der Waals surface area contributed by atoms with Gasteiger partial charge in [0.05, 0.1) is 16.1 Å². The molecule has 0 spiro atoms. The average molecular weight is 318 g/mol. The number of hydrogen-bond acceptors (Lipinski definition) is 2.